The molecule has 0 spiro atoms. The van der Waals surface area contributed by atoms with Crippen LogP contribution in [0.25, 0.3) is 11.1 Å². The molecule has 3 rings (SSSR count). The second-order valence-electron chi connectivity index (χ2n) is 10.9. The molecule has 38 heavy (non-hydrogen) atoms. The van der Waals surface area contributed by atoms with Gasteiger partial charge in [0.05, 0.1) is 5.69 Å². The lowest BCUT2D eigenvalue weighted by molar-refractivity contribution is 0.0523. The molecule has 0 saturated heterocycles. The van der Waals surface area contributed by atoms with E-state index in [-0.39, 0.29) is 6.54 Å². The Morgan fingerprint density at radius 3 is 2.13 bits per heavy atom. The number of rotatable bonds is 8. The Balaban J connectivity index is 2.03. The molecule has 1 heterocycles. The van der Waals surface area contributed by atoms with Gasteiger partial charge in [-0.2, -0.15) is 0 Å². The number of nitrogens with zero attached hydrogens (tertiary/aromatic N) is 1. The molecule has 0 fully saturated rings. The zero-order valence-electron chi connectivity index (χ0n) is 23.5. The van der Waals surface area contributed by atoms with Gasteiger partial charge in [0.2, 0.25) is 0 Å². The van der Waals surface area contributed by atoms with Gasteiger partial charge in [-0.05, 0) is 58.1 Å². The summed E-state index contributed by atoms with van der Waals surface area (Å²) in [7, 11) is 0. The van der Waals surface area contributed by atoms with Crippen molar-refractivity contribution in [2.75, 3.05) is 0 Å². The summed E-state index contributed by atoms with van der Waals surface area (Å²) in [6.45, 7) is 14.1. The lowest BCUT2D eigenvalue weighted by atomic mass is 9.93. The van der Waals surface area contributed by atoms with Gasteiger partial charge in [0, 0.05) is 29.9 Å². The number of aromatic nitrogens is 1. The number of amides is 2. The predicted octanol–water partition coefficient (Wildman–Crippen LogP) is 6.88. The molecular weight excluding hydrogens is 478 g/mol. The number of alkyl carbamates (subject to hydrolysis) is 1. The normalized spacial score (nSPS) is 11.3. The first-order valence-electron chi connectivity index (χ1n) is 13.0. The molecule has 2 N–H and O–H groups in total. The first kappa shape index (κ1) is 28.7. The molecule has 3 aromatic rings. The third-order valence-corrected chi connectivity index (χ3v) is 5.73. The van der Waals surface area contributed by atoms with Gasteiger partial charge < -0.3 is 20.1 Å². The number of hydrogen-bond donors (Lipinski definition) is 2. The van der Waals surface area contributed by atoms with Gasteiger partial charge in [-0.3, -0.25) is 4.98 Å². The lowest BCUT2D eigenvalue weighted by Crippen LogP contribution is -2.33. The number of benzene rings is 2. The molecule has 2 aromatic carbocycles. The Bertz CT molecular complexity index is 1250. The standard InChI is InChI=1S/C31H39N3O4/c1-20(2)17-26-25(19-33-30(36)38-31(5,6)7)27(24-15-13-21(3)14-16-24)28(22(4)34-26)37-29(35)32-18-23-11-9-8-10-12-23/h8-16,20H,17-19H2,1-7H3,(H,32,35)(H,33,36). The molecule has 0 bridgehead atoms. The number of aryl methyl sites for hydroxylation is 2. The number of carbonyl (C=O) groups excluding carboxylic acids is 2. The second-order valence-corrected chi connectivity index (χ2v) is 10.9. The van der Waals surface area contributed by atoms with E-state index in [0.29, 0.717) is 30.3 Å². The molecule has 0 radical (unpaired) electrons. The molecule has 202 valence electrons. The van der Waals surface area contributed by atoms with E-state index in [0.717, 1.165) is 33.5 Å². The third kappa shape index (κ3) is 8.33. The average molecular weight is 518 g/mol. The van der Waals surface area contributed by atoms with Gasteiger partial charge in [-0.15, -0.1) is 0 Å². The minimum atomic E-state index is -0.624. The summed E-state index contributed by atoms with van der Waals surface area (Å²) in [5.74, 6) is 0.696. The van der Waals surface area contributed by atoms with Crippen molar-refractivity contribution < 1.29 is 19.1 Å². The van der Waals surface area contributed by atoms with Crippen molar-refractivity contribution >= 4 is 12.2 Å². The van der Waals surface area contributed by atoms with Crippen LogP contribution in [0.2, 0.25) is 0 Å². The lowest BCUT2D eigenvalue weighted by Gasteiger charge is -2.23. The first-order chi connectivity index (χ1) is 17.9. The summed E-state index contributed by atoms with van der Waals surface area (Å²) in [5, 5.41) is 5.71. The van der Waals surface area contributed by atoms with E-state index in [1.54, 1.807) is 0 Å². The zero-order valence-corrected chi connectivity index (χ0v) is 23.5. The van der Waals surface area contributed by atoms with Crippen molar-refractivity contribution in [2.24, 2.45) is 5.92 Å². The van der Waals surface area contributed by atoms with Crippen molar-refractivity contribution in [3.8, 4) is 16.9 Å². The van der Waals surface area contributed by atoms with Crippen LogP contribution in [0, 0.1) is 19.8 Å². The van der Waals surface area contributed by atoms with E-state index in [9.17, 15) is 9.59 Å². The zero-order chi connectivity index (χ0) is 27.9. The summed E-state index contributed by atoms with van der Waals surface area (Å²) in [5.41, 5.74) is 5.31. The van der Waals surface area contributed by atoms with Gasteiger partial charge in [0.25, 0.3) is 0 Å². The molecule has 1 aromatic heterocycles. The van der Waals surface area contributed by atoms with Crippen LogP contribution in [0.1, 0.15) is 62.7 Å². The number of hydrogen-bond acceptors (Lipinski definition) is 5. The SMILES string of the molecule is Cc1ccc(-c2c(CNC(=O)OC(C)(C)C)c(CC(C)C)nc(C)c2OC(=O)NCc2ccccc2)cc1. The first-order valence-corrected chi connectivity index (χ1v) is 13.0. The Labute approximate surface area is 226 Å². The van der Waals surface area contributed by atoms with Crippen molar-refractivity contribution in [3.05, 3.63) is 82.7 Å². The number of pyridine rings is 1. The minimum absolute atomic E-state index is 0.176. The van der Waals surface area contributed by atoms with Gasteiger partial charge >= 0.3 is 12.2 Å². The predicted molar refractivity (Wildman–Crippen MR) is 150 cm³/mol. The molecule has 0 aliphatic carbocycles. The van der Waals surface area contributed by atoms with E-state index in [2.05, 4.69) is 24.5 Å². The maximum absolute atomic E-state index is 12.9. The largest absolute Gasteiger partial charge is 0.444 e. The monoisotopic (exact) mass is 517 g/mol. The molecular formula is C31H39N3O4. The summed E-state index contributed by atoms with van der Waals surface area (Å²) in [6, 6.07) is 17.7. The highest BCUT2D eigenvalue weighted by Gasteiger charge is 2.24. The van der Waals surface area contributed by atoms with Gasteiger partial charge in [-0.1, -0.05) is 74.0 Å². The van der Waals surface area contributed by atoms with Gasteiger partial charge in [0.1, 0.15) is 5.60 Å². The summed E-state index contributed by atoms with van der Waals surface area (Å²) < 4.78 is 11.4. The van der Waals surface area contributed by atoms with E-state index in [1.807, 2.05) is 89.2 Å². The van der Waals surface area contributed by atoms with Crippen LogP contribution >= 0.6 is 0 Å². The highest BCUT2D eigenvalue weighted by Crippen LogP contribution is 2.38. The maximum Gasteiger partial charge on any atom is 0.412 e. The molecule has 7 nitrogen and oxygen atoms in total. The topological polar surface area (TPSA) is 89.6 Å². The van der Waals surface area contributed by atoms with Crippen LogP contribution in [0.15, 0.2) is 54.6 Å². The van der Waals surface area contributed by atoms with Crippen molar-refractivity contribution in [1.82, 2.24) is 15.6 Å². The number of carbonyl (C=O) groups is 2. The van der Waals surface area contributed by atoms with Crippen molar-refractivity contribution in [1.29, 1.82) is 0 Å². The maximum atomic E-state index is 12.9. The number of nitrogens with one attached hydrogen (secondary N) is 2. The fourth-order valence-electron chi connectivity index (χ4n) is 4.05. The van der Waals surface area contributed by atoms with Crippen molar-refractivity contribution in [2.45, 2.75) is 73.6 Å². The van der Waals surface area contributed by atoms with Crippen LogP contribution in [0.3, 0.4) is 0 Å². The Morgan fingerprint density at radius 1 is 0.895 bits per heavy atom. The Kier molecular flexibility index (Phi) is 9.50. The quantitative estimate of drug-likeness (QED) is 0.340. The number of ether oxygens (including phenoxy) is 2. The van der Waals surface area contributed by atoms with Gasteiger partial charge in [-0.25, -0.2) is 9.59 Å². The highest BCUT2D eigenvalue weighted by molar-refractivity contribution is 5.81. The third-order valence-electron chi connectivity index (χ3n) is 5.73. The van der Waals surface area contributed by atoms with Crippen LogP contribution < -0.4 is 15.4 Å². The summed E-state index contributed by atoms with van der Waals surface area (Å²) >= 11 is 0. The second kappa shape index (κ2) is 12.6. The molecule has 0 atom stereocenters. The molecule has 7 heteroatoms. The fraction of sp³-hybridized carbons (Fsp3) is 0.387. The molecule has 0 aliphatic heterocycles. The Morgan fingerprint density at radius 2 is 1.53 bits per heavy atom. The average Bonchev–Trinajstić information content (AvgIpc) is 2.83. The summed E-state index contributed by atoms with van der Waals surface area (Å²) in [4.78, 5) is 30.3. The van der Waals surface area contributed by atoms with Crippen LogP contribution in [-0.4, -0.2) is 22.8 Å². The molecule has 0 aliphatic rings. The molecule has 0 saturated carbocycles. The minimum Gasteiger partial charge on any atom is -0.444 e. The van der Waals surface area contributed by atoms with Crippen LogP contribution in [0.4, 0.5) is 9.59 Å². The molecule has 2 amide bonds. The smallest absolute Gasteiger partial charge is 0.412 e. The highest BCUT2D eigenvalue weighted by atomic mass is 16.6. The summed E-state index contributed by atoms with van der Waals surface area (Å²) in [6.07, 6.45) is -0.396. The van der Waals surface area contributed by atoms with Crippen molar-refractivity contribution in [3.63, 3.8) is 0 Å². The van der Waals surface area contributed by atoms with Crippen LogP contribution in [-0.2, 0) is 24.2 Å². The van der Waals surface area contributed by atoms with Gasteiger partial charge in [0.15, 0.2) is 5.75 Å². The van der Waals surface area contributed by atoms with Crippen LogP contribution in [0.5, 0.6) is 5.75 Å². The van der Waals surface area contributed by atoms with E-state index in [4.69, 9.17) is 14.5 Å². The van der Waals surface area contributed by atoms with E-state index in [1.165, 1.54) is 0 Å². The van der Waals surface area contributed by atoms with E-state index >= 15 is 0 Å². The Hall–Kier alpha value is -3.87. The fourth-order valence-corrected chi connectivity index (χ4v) is 4.05. The van der Waals surface area contributed by atoms with E-state index < -0.39 is 17.8 Å². The molecule has 0 unspecified atom stereocenters.